The average Bonchev–Trinajstić information content (AvgIpc) is 2.16. The van der Waals surface area contributed by atoms with Crippen LogP contribution in [0.1, 0.15) is 11.8 Å². The predicted octanol–water partition coefficient (Wildman–Crippen LogP) is -0.900. The molecular formula is C8H9FN2O3. The summed E-state index contributed by atoms with van der Waals surface area (Å²) in [6, 6.07) is 2.38. The van der Waals surface area contributed by atoms with Crippen molar-refractivity contribution in [3.8, 4) is 0 Å². The van der Waals surface area contributed by atoms with Gasteiger partial charge < -0.3 is 15.9 Å². The van der Waals surface area contributed by atoms with Crippen LogP contribution >= 0.6 is 0 Å². The highest BCUT2D eigenvalue weighted by atomic mass is 19.1. The van der Waals surface area contributed by atoms with E-state index in [-0.39, 0.29) is 0 Å². The Balaban J connectivity index is 2.94. The minimum Gasteiger partial charge on any atom is -0.383 e. The smallest absolute Gasteiger partial charge is 0.249 e. The van der Waals surface area contributed by atoms with Gasteiger partial charge in [0, 0.05) is 6.20 Å². The van der Waals surface area contributed by atoms with Crippen LogP contribution in [-0.2, 0) is 4.79 Å². The quantitative estimate of drug-likeness (QED) is 0.589. The molecule has 2 atom stereocenters. The van der Waals surface area contributed by atoms with Crippen molar-refractivity contribution in [3.05, 3.63) is 29.8 Å². The van der Waals surface area contributed by atoms with Crippen molar-refractivity contribution < 1.29 is 19.4 Å². The van der Waals surface area contributed by atoms with E-state index in [1.807, 2.05) is 0 Å². The molecule has 0 fully saturated rings. The van der Waals surface area contributed by atoms with Crippen LogP contribution in [0.4, 0.5) is 4.39 Å². The molecule has 0 saturated carbocycles. The van der Waals surface area contributed by atoms with Crippen LogP contribution in [0, 0.1) is 5.82 Å². The lowest BCUT2D eigenvalue weighted by Gasteiger charge is -2.14. The predicted molar refractivity (Wildman–Crippen MR) is 44.4 cm³/mol. The van der Waals surface area contributed by atoms with Crippen LogP contribution in [0.15, 0.2) is 18.3 Å². The number of carbonyl (C=O) groups is 1. The lowest BCUT2D eigenvalue weighted by Crippen LogP contribution is -2.34. The summed E-state index contributed by atoms with van der Waals surface area (Å²) in [7, 11) is 0. The number of halogens is 1. The van der Waals surface area contributed by atoms with Crippen molar-refractivity contribution >= 4 is 5.91 Å². The lowest BCUT2D eigenvalue weighted by atomic mass is 10.1. The Hall–Kier alpha value is -1.53. The van der Waals surface area contributed by atoms with E-state index in [4.69, 9.17) is 10.8 Å². The van der Waals surface area contributed by atoms with Crippen LogP contribution < -0.4 is 5.73 Å². The maximum absolute atomic E-state index is 13.0. The Morgan fingerprint density at radius 2 is 2.21 bits per heavy atom. The molecule has 1 heterocycles. The van der Waals surface area contributed by atoms with Gasteiger partial charge >= 0.3 is 0 Å². The fourth-order valence-electron chi connectivity index (χ4n) is 0.921. The molecule has 76 valence electrons. The number of carbonyl (C=O) groups excluding carboxylic acids is 1. The highest BCUT2D eigenvalue weighted by molar-refractivity contribution is 5.79. The average molecular weight is 200 g/mol. The number of aliphatic hydroxyl groups is 2. The molecule has 1 amide bonds. The molecule has 5 nitrogen and oxygen atoms in total. The third kappa shape index (κ3) is 2.04. The van der Waals surface area contributed by atoms with Crippen LogP contribution in [-0.4, -0.2) is 27.2 Å². The zero-order chi connectivity index (χ0) is 10.7. The Bertz CT molecular complexity index is 345. The summed E-state index contributed by atoms with van der Waals surface area (Å²) in [6.45, 7) is 0. The molecular weight excluding hydrogens is 191 g/mol. The van der Waals surface area contributed by atoms with Crippen LogP contribution in [0.3, 0.4) is 0 Å². The second kappa shape index (κ2) is 4.12. The molecule has 0 saturated heterocycles. The zero-order valence-corrected chi connectivity index (χ0v) is 7.09. The van der Waals surface area contributed by atoms with Gasteiger partial charge in [-0.05, 0) is 12.1 Å². The molecule has 0 aliphatic carbocycles. The van der Waals surface area contributed by atoms with E-state index in [1.165, 1.54) is 12.3 Å². The fraction of sp³-hybridized carbons (Fsp3) is 0.250. The van der Waals surface area contributed by atoms with Crippen molar-refractivity contribution in [2.75, 3.05) is 0 Å². The highest BCUT2D eigenvalue weighted by Crippen LogP contribution is 2.16. The number of amides is 1. The van der Waals surface area contributed by atoms with E-state index < -0.39 is 29.6 Å². The van der Waals surface area contributed by atoms with Gasteiger partial charge in [0.25, 0.3) is 0 Å². The summed E-state index contributed by atoms with van der Waals surface area (Å²) < 4.78 is 13.0. The number of aliphatic hydroxyl groups excluding tert-OH is 2. The first-order chi connectivity index (χ1) is 6.54. The second-order valence-corrected chi connectivity index (χ2v) is 2.66. The van der Waals surface area contributed by atoms with Gasteiger partial charge in [-0.25, -0.2) is 4.39 Å². The molecule has 4 N–H and O–H groups in total. The Labute approximate surface area is 79.0 Å². The molecule has 1 aromatic heterocycles. The Morgan fingerprint density at radius 3 is 2.71 bits per heavy atom. The molecule has 0 bridgehead atoms. The largest absolute Gasteiger partial charge is 0.383 e. The number of hydrogen-bond acceptors (Lipinski definition) is 4. The molecule has 1 rings (SSSR count). The number of nitrogens with zero attached hydrogens (tertiary/aromatic N) is 1. The SMILES string of the molecule is NC(=O)C(O)C(O)c1ncccc1F. The fourth-order valence-corrected chi connectivity index (χ4v) is 0.921. The number of pyridine rings is 1. The molecule has 0 spiro atoms. The zero-order valence-electron chi connectivity index (χ0n) is 7.09. The molecule has 0 aliphatic heterocycles. The van der Waals surface area contributed by atoms with Crippen molar-refractivity contribution in [2.45, 2.75) is 12.2 Å². The van der Waals surface area contributed by atoms with Crippen LogP contribution in [0.2, 0.25) is 0 Å². The number of primary amides is 1. The number of nitrogens with two attached hydrogens (primary N) is 1. The van der Waals surface area contributed by atoms with Crippen molar-refractivity contribution in [3.63, 3.8) is 0 Å². The standard InChI is InChI=1S/C8H9FN2O3/c9-4-2-1-3-11-5(4)6(12)7(13)8(10)14/h1-3,6-7,12-13H,(H2,10,14). The molecule has 1 aromatic rings. The van der Waals surface area contributed by atoms with Gasteiger partial charge in [0.15, 0.2) is 6.10 Å². The normalized spacial score (nSPS) is 14.8. The van der Waals surface area contributed by atoms with E-state index in [0.717, 1.165) is 6.07 Å². The van der Waals surface area contributed by atoms with Crippen LogP contribution in [0.5, 0.6) is 0 Å². The third-order valence-corrected chi connectivity index (χ3v) is 1.66. The van der Waals surface area contributed by atoms with E-state index in [0.29, 0.717) is 0 Å². The topological polar surface area (TPSA) is 96.4 Å². The molecule has 0 aromatic carbocycles. The van der Waals surface area contributed by atoms with Crippen molar-refractivity contribution in [1.29, 1.82) is 0 Å². The van der Waals surface area contributed by atoms with Gasteiger partial charge in [-0.3, -0.25) is 9.78 Å². The van der Waals surface area contributed by atoms with Crippen molar-refractivity contribution in [2.24, 2.45) is 5.73 Å². The number of rotatable bonds is 3. The van der Waals surface area contributed by atoms with Gasteiger partial charge in [-0.1, -0.05) is 0 Å². The van der Waals surface area contributed by atoms with Gasteiger partial charge in [0.05, 0.1) is 0 Å². The van der Waals surface area contributed by atoms with Gasteiger partial charge in [0.2, 0.25) is 5.91 Å². The van der Waals surface area contributed by atoms with Crippen LogP contribution in [0.25, 0.3) is 0 Å². The monoisotopic (exact) mass is 200 g/mol. The van der Waals surface area contributed by atoms with E-state index in [9.17, 15) is 14.3 Å². The molecule has 0 aliphatic rings. The van der Waals surface area contributed by atoms with Gasteiger partial charge in [-0.15, -0.1) is 0 Å². The summed E-state index contributed by atoms with van der Waals surface area (Å²) in [4.78, 5) is 14.0. The van der Waals surface area contributed by atoms with E-state index >= 15 is 0 Å². The molecule has 14 heavy (non-hydrogen) atoms. The maximum atomic E-state index is 13.0. The summed E-state index contributed by atoms with van der Waals surface area (Å²) in [5, 5.41) is 18.3. The first-order valence-electron chi connectivity index (χ1n) is 3.80. The minimum absolute atomic E-state index is 0.404. The number of hydrogen-bond donors (Lipinski definition) is 3. The first-order valence-corrected chi connectivity index (χ1v) is 3.80. The second-order valence-electron chi connectivity index (χ2n) is 2.66. The maximum Gasteiger partial charge on any atom is 0.249 e. The Kier molecular flexibility index (Phi) is 3.10. The first kappa shape index (κ1) is 10.6. The third-order valence-electron chi connectivity index (χ3n) is 1.66. The van der Waals surface area contributed by atoms with Gasteiger partial charge in [0.1, 0.15) is 17.6 Å². The Morgan fingerprint density at radius 1 is 1.57 bits per heavy atom. The van der Waals surface area contributed by atoms with Gasteiger partial charge in [-0.2, -0.15) is 0 Å². The van der Waals surface area contributed by atoms with Crippen molar-refractivity contribution in [1.82, 2.24) is 4.98 Å². The number of aromatic nitrogens is 1. The van der Waals surface area contributed by atoms with E-state index in [2.05, 4.69) is 4.98 Å². The highest BCUT2D eigenvalue weighted by Gasteiger charge is 2.26. The van der Waals surface area contributed by atoms with E-state index in [1.54, 1.807) is 0 Å². The molecule has 6 heteroatoms. The summed E-state index contributed by atoms with van der Waals surface area (Å²) >= 11 is 0. The molecule has 2 unspecified atom stereocenters. The summed E-state index contributed by atoms with van der Waals surface area (Å²) in [5.41, 5.74) is 4.32. The summed E-state index contributed by atoms with van der Waals surface area (Å²) in [6.07, 6.45) is -2.37. The lowest BCUT2D eigenvalue weighted by molar-refractivity contribution is -0.132. The minimum atomic E-state index is -1.86. The summed E-state index contributed by atoms with van der Waals surface area (Å²) in [5.74, 6) is -1.94. The molecule has 0 radical (unpaired) electrons.